The van der Waals surface area contributed by atoms with Gasteiger partial charge in [-0.3, -0.25) is 14.9 Å². The zero-order chi connectivity index (χ0) is 16.1. The molecule has 1 unspecified atom stereocenters. The summed E-state index contributed by atoms with van der Waals surface area (Å²) in [5, 5.41) is 20.4. The topological polar surface area (TPSA) is 101 Å². The van der Waals surface area contributed by atoms with Crippen molar-refractivity contribution in [1.82, 2.24) is 15.5 Å². The average Bonchev–Trinajstić information content (AvgIpc) is 2.53. The first-order chi connectivity index (χ1) is 10.5. The summed E-state index contributed by atoms with van der Waals surface area (Å²) in [6, 6.07) is 8.08. The highest BCUT2D eigenvalue weighted by atomic mass is 16.6. The zero-order valence-corrected chi connectivity index (χ0v) is 12.5. The molecule has 1 aromatic heterocycles. The number of non-ortho nitro benzene ring substituents is 1. The highest BCUT2D eigenvalue weighted by Gasteiger charge is 2.09. The van der Waals surface area contributed by atoms with Crippen molar-refractivity contribution in [2.24, 2.45) is 0 Å². The number of nitrogens with zero attached hydrogens (tertiary/aromatic N) is 2. The number of aromatic amines is 1. The van der Waals surface area contributed by atoms with Crippen LogP contribution in [0.4, 0.5) is 5.69 Å². The van der Waals surface area contributed by atoms with Gasteiger partial charge >= 0.3 is 0 Å². The minimum atomic E-state index is -0.453. The van der Waals surface area contributed by atoms with Crippen molar-refractivity contribution in [3.05, 3.63) is 56.4 Å². The molecule has 0 bridgehead atoms. The molecule has 0 saturated carbocycles. The number of aromatic nitrogens is 2. The number of nitrogens with one attached hydrogen (secondary N) is 2. The first kappa shape index (κ1) is 15.8. The van der Waals surface area contributed by atoms with Gasteiger partial charge in [-0.05, 0) is 31.5 Å². The second kappa shape index (κ2) is 6.95. The summed E-state index contributed by atoms with van der Waals surface area (Å²) in [6.07, 6.45) is 0.970. The Morgan fingerprint density at radius 2 is 2.05 bits per heavy atom. The van der Waals surface area contributed by atoms with Crippen LogP contribution in [0, 0.1) is 10.1 Å². The van der Waals surface area contributed by atoms with Crippen molar-refractivity contribution >= 4 is 5.69 Å². The van der Waals surface area contributed by atoms with Gasteiger partial charge in [-0.25, -0.2) is 5.10 Å². The Kier molecular flexibility index (Phi) is 5.00. The van der Waals surface area contributed by atoms with Crippen LogP contribution < -0.4 is 10.9 Å². The molecule has 2 rings (SSSR count). The molecule has 22 heavy (non-hydrogen) atoms. The quantitative estimate of drug-likeness (QED) is 0.629. The average molecular weight is 302 g/mol. The monoisotopic (exact) mass is 302 g/mol. The van der Waals surface area contributed by atoms with Gasteiger partial charge in [0.05, 0.1) is 10.6 Å². The third-order valence-corrected chi connectivity index (χ3v) is 3.51. The second-order valence-electron chi connectivity index (χ2n) is 5.10. The van der Waals surface area contributed by atoms with Gasteiger partial charge in [-0.1, -0.05) is 6.92 Å². The fourth-order valence-corrected chi connectivity index (χ4v) is 1.91. The van der Waals surface area contributed by atoms with Crippen molar-refractivity contribution in [2.45, 2.75) is 32.9 Å². The number of hydrogen-bond donors (Lipinski definition) is 2. The van der Waals surface area contributed by atoms with Gasteiger partial charge in [0.2, 0.25) is 0 Å². The van der Waals surface area contributed by atoms with E-state index in [1.807, 2.05) is 6.92 Å². The molecule has 0 amide bonds. The molecule has 0 aliphatic rings. The Labute approximate surface area is 127 Å². The molecule has 1 aromatic carbocycles. The van der Waals surface area contributed by atoms with E-state index in [2.05, 4.69) is 22.4 Å². The Morgan fingerprint density at radius 3 is 2.64 bits per heavy atom. The van der Waals surface area contributed by atoms with E-state index in [1.165, 1.54) is 12.1 Å². The number of nitro benzene ring substituents is 1. The molecular weight excluding hydrogens is 284 g/mol. The van der Waals surface area contributed by atoms with Gasteiger partial charge in [0.25, 0.3) is 11.2 Å². The summed E-state index contributed by atoms with van der Waals surface area (Å²) in [5.74, 6) is 0. The number of benzene rings is 1. The molecule has 2 N–H and O–H groups in total. The van der Waals surface area contributed by atoms with E-state index in [0.29, 0.717) is 29.4 Å². The third kappa shape index (κ3) is 3.76. The molecule has 1 atom stereocenters. The second-order valence-corrected chi connectivity index (χ2v) is 5.10. The molecule has 0 aliphatic carbocycles. The smallest absolute Gasteiger partial charge is 0.269 e. The SMILES string of the molecule is CCC(C)NCc1cc(-c2ccc([N+](=O)[O-])cc2)n[nH]c1=O. The van der Waals surface area contributed by atoms with Gasteiger partial charge in [0.1, 0.15) is 0 Å². The van der Waals surface area contributed by atoms with E-state index in [1.54, 1.807) is 18.2 Å². The molecule has 7 nitrogen and oxygen atoms in total. The number of hydrogen-bond acceptors (Lipinski definition) is 5. The maximum Gasteiger partial charge on any atom is 0.269 e. The van der Waals surface area contributed by atoms with E-state index >= 15 is 0 Å². The molecule has 0 aliphatic heterocycles. The summed E-state index contributed by atoms with van der Waals surface area (Å²) in [7, 11) is 0. The van der Waals surface area contributed by atoms with E-state index in [4.69, 9.17) is 0 Å². The first-order valence-electron chi connectivity index (χ1n) is 7.08. The maximum absolute atomic E-state index is 11.8. The fourth-order valence-electron chi connectivity index (χ4n) is 1.91. The fraction of sp³-hybridized carbons (Fsp3) is 0.333. The third-order valence-electron chi connectivity index (χ3n) is 3.51. The van der Waals surface area contributed by atoms with Gasteiger partial charge < -0.3 is 5.32 Å². The predicted molar refractivity (Wildman–Crippen MR) is 83.5 cm³/mol. The number of rotatable bonds is 6. The molecule has 2 aromatic rings. The maximum atomic E-state index is 11.8. The van der Waals surface area contributed by atoms with Gasteiger partial charge in [0, 0.05) is 35.8 Å². The predicted octanol–water partition coefficient (Wildman–Crippen LogP) is 2.23. The lowest BCUT2D eigenvalue weighted by Gasteiger charge is -2.11. The highest BCUT2D eigenvalue weighted by molar-refractivity contribution is 5.60. The lowest BCUT2D eigenvalue weighted by Crippen LogP contribution is -2.28. The van der Waals surface area contributed by atoms with Crippen LogP contribution in [0.5, 0.6) is 0 Å². The Hall–Kier alpha value is -2.54. The van der Waals surface area contributed by atoms with E-state index in [-0.39, 0.29) is 11.2 Å². The molecule has 7 heteroatoms. The zero-order valence-electron chi connectivity index (χ0n) is 12.5. The summed E-state index contributed by atoms with van der Waals surface area (Å²) in [4.78, 5) is 22.0. The molecule has 0 saturated heterocycles. The van der Waals surface area contributed by atoms with Crippen LogP contribution in [0.3, 0.4) is 0 Å². The van der Waals surface area contributed by atoms with Crippen LogP contribution >= 0.6 is 0 Å². The first-order valence-corrected chi connectivity index (χ1v) is 7.08. The lowest BCUT2D eigenvalue weighted by atomic mass is 10.1. The summed E-state index contributed by atoms with van der Waals surface area (Å²) < 4.78 is 0. The van der Waals surface area contributed by atoms with Crippen LogP contribution in [0.25, 0.3) is 11.3 Å². The van der Waals surface area contributed by atoms with E-state index < -0.39 is 4.92 Å². The van der Waals surface area contributed by atoms with Crippen LogP contribution in [-0.4, -0.2) is 21.2 Å². The van der Waals surface area contributed by atoms with E-state index in [0.717, 1.165) is 6.42 Å². The molecule has 0 radical (unpaired) electrons. The molecule has 0 fully saturated rings. The van der Waals surface area contributed by atoms with Crippen LogP contribution in [-0.2, 0) is 6.54 Å². The Balaban J connectivity index is 2.24. The Morgan fingerprint density at radius 1 is 1.36 bits per heavy atom. The lowest BCUT2D eigenvalue weighted by molar-refractivity contribution is -0.384. The van der Waals surface area contributed by atoms with Crippen molar-refractivity contribution < 1.29 is 4.92 Å². The number of H-pyrrole nitrogens is 1. The largest absolute Gasteiger partial charge is 0.310 e. The van der Waals surface area contributed by atoms with Crippen molar-refractivity contribution in [2.75, 3.05) is 0 Å². The summed E-state index contributed by atoms with van der Waals surface area (Å²) >= 11 is 0. The molecule has 0 spiro atoms. The normalized spacial score (nSPS) is 12.1. The van der Waals surface area contributed by atoms with Crippen LogP contribution in [0.1, 0.15) is 25.8 Å². The minimum Gasteiger partial charge on any atom is -0.310 e. The number of nitro groups is 1. The summed E-state index contributed by atoms with van der Waals surface area (Å²) in [6.45, 7) is 4.57. The van der Waals surface area contributed by atoms with E-state index in [9.17, 15) is 14.9 Å². The van der Waals surface area contributed by atoms with Gasteiger partial charge in [-0.2, -0.15) is 5.10 Å². The van der Waals surface area contributed by atoms with Crippen molar-refractivity contribution in [3.63, 3.8) is 0 Å². The van der Waals surface area contributed by atoms with Crippen molar-refractivity contribution in [3.8, 4) is 11.3 Å². The van der Waals surface area contributed by atoms with Gasteiger partial charge in [-0.15, -0.1) is 0 Å². The molecule has 1 heterocycles. The molecule has 116 valence electrons. The van der Waals surface area contributed by atoms with Crippen LogP contribution in [0.15, 0.2) is 35.1 Å². The minimum absolute atomic E-state index is 0.0202. The Bertz CT molecular complexity index is 709. The standard InChI is InChI=1S/C15H18N4O3/c1-3-10(2)16-9-12-8-14(17-18-15(12)20)11-4-6-13(7-5-11)19(21)22/h4-8,10,16H,3,9H2,1-2H3,(H,18,20). The van der Waals surface area contributed by atoms with Crippen LogP contribution in [0.2, 0.25) is 0 Å². The highest BCUT2D eigenvalue weighted by Crippen LogP contribution is 2.20. The van der Waals surface area contributed by atoms with Gasteiger partial charge in [0.15, 0.2) is 0 Å². The molecular formula is C15H18N4O3. The van der Waals surface area contributed by atoms with Crippen molar-refractivity contribution in [1.29, 1.82) is 0 Å². The summed E-state index contributed by atoms with van der Waals surface area (Å²) in [5.41, 5.74) is 1.67.